The summed E-state index contributed by atoms with van der Waals surface area (Å²) in [6.07, 6.45) is -4.83. The Bertz CT molecular complexity index is 308. The molecule has 0 saturated heterocycles. The van der Waals surface area contributed by atoms with Crippen molar-refractivity contribution < 1.29 is 26.3 Å². The zero-order valence-corrected chi connectivity index (χ0v) is 14.1. The number of hydrogen-bond donors (Lipinski definition) is 0. The molecule has 116 valence electrons. The van der Waals surface area contributed by atoms with Crippen molar-refractivity contribution in [3.05, 3.63) is 0 Å². The van der Waals surface area contributed by atoms with Crippen LogP contribution in [0.3, 0.4) is 0 Å². The van der Waals surface area contributed by atoms with E-state index in [1.165, 1.54) is 0 Å². The van der Waals surface area contributed by atoms with Crippen LogP contribution in [0.15, 0.2) is 0 Å². The van der Waals surface area contributed by atoms with Gasteiger partial charge in [-0.15, -0.1) is 0 Å². The van der Waals surface area contributed by atoms with Crippen molar-refractivity contribution in [3.63, 3.8) is 0 Å². The van der Waals surface area contributed by atoms with E-state index in [1.807, 2.05) is 0 Å². The largest absolute Gasteiger partial charge is 0.342 e. The van der Waals surface area contributed by atoms with Gasteiger partial charge in [-0.3, -0.25) is 0 Å². The highest BCUT2D eigenvalue weighted by molar-refractivity contribution is 6.86. The van der Waals surface area contributed by atoms with Crippen molar-refractivity contribution in [3.8, 4) is 0 Å². The van der Waals surface area contributed by atoms with Crippen molar-refractivity contribution in [2.24, 2.45) is 0 Å². The summed E-state index contributed by atoms with van der Waals surface area (Å²) in [5, 5.41) is 0. The first-order chi connectivity index (χ1) is 8.20. The highest BCUT2D eigenvalue weighted by Gasteiger charge is 2.60. The van der Waals surface area contributed by atoms with E-state index in [9.17, 15) is 26.3 Å². The molecular formula is C10H21F6NSi2. The third-order valence-electron chi connectivity index (χ3n) is 3.87. The molecule has 0 aromatic rings. The first kappa shape index (κ1) is 19.0. The molecule has 0 saturated carbocycles. The standard InChI is InChI=1S/C10H21F6NSi2/c1-7(11)9(13,14)18(4)17(3)19(5,6)10(15,16)8(2)12/h7-8,18H,1-6H3. The lowest BCUT2D eigenvalue weighted by atomic mass is 10.5. The number of halogens is 6. The van der Waals surface area contributed by atoms with E-state index in [0.29, 0.717) is 13.8 Å². The molecule has 0 aromatic heterocycles. The van der Waals surface area contributed by atoms with Gasteiger partial charge in [-0.2, -0.15) is 0 Å². The lowest BCUT2D eigenvalue weighted by molar-refractivity contribution is -0.00856. The summed E-state index contributed by atoms with van der Waals surface area (Å²) in [6, 6.07) is 0. The molecule has 0 aromatic carbocycles. The van der Waals surface area contributed by atoms with Gasteiger partial charge in [-0.1, -0.05) is 19.6 Å². The molecule has 0 bridgehead atoms. The van der Waals surface area contributed by atoms with Gasteiger partial charge >= 0.3 is 0 Å². The monoisotopic (exact) mass is 325 g/mol. The predicted molar refractivity (Wildman–Crippen MR) is 69.3 cm³/mol. The minimum atomic E-state index is -3.78. The fourth-order valence-electron chi connectivity index (χ4n) is 1.80. The molecule has 1 nitrogen and oxygen atoms in total. The second-order valence-electron chi connectivity index (χ2n) is 5.38. The third-order valence-corrected chi connectivity index (χ3v) is 13.5. The molecule has 0 spiro atoms. The van der Waals surface area contributed by atoms with Gasteiger partial charge in [0, 0.05) is 0 Å². The fourth-order valence-corrected chi connectivity index (χ4v) is 9.33. The van der Waals surface area contributed by atoms with E-state index in [4.69, 9.17) is 0 Å². The fraction of sp³-hybridized carbons (Fsp3) is 1.00. The maximum Gasteiger partial charge on any atom is 0.273 e. The summed E-state index contributed by atoms with van der Waals surface area (Å²) in [4.78, 5) is 0. The summed E-state index contributed by atoms with van der Waals surface area (Å²) >= 11 is 0. The van der Waals surface area contributed by atoms with E-state index in [0.717, 1.165) is 30.9 Å². The van der Waals surface area contributed by atoms with Gasteiger partial charge in [0.25, 0.3) is 11.1 Å². The van der Waals surface area contributed by atoms with Crippen LogP contribution in [0.1, 0.15) is 13.8 Å². The van der Waals surface area contributed by atoms with Crippen LogP contribution in [0.5, 0.6) is 0 Å². The molecule has 3 atom stereocenters. The summed E-state index contributed by atoms with van der Waals surface area (Å²) in [6.45, 7) is 4.80. The van der Waals surface area contributed by atoms with Gasteiger partial charge in [-0.05, 0) is 20.9 Å². The molecule has 0 N–H and O–H groups in total. The molecule has 0 amide bonds. The zero-order valence-electron chi connectivity index (χ0n) is 11.9. The normalized spacial score (nSPS) is 19.4. The van der Waals surface area contributed by atoms with E-state index < -0.39 is 40.6 Å². The van der Waals surface area contributed by atoms with Crippen LogP contribution < -0.4 is 0 Å². The van der Waals surface area contributed by atoms with Crippen LogP contribution in [0.2, 0.25) is 19.6 Å². The van der Waals surface area contributed by atoms with Crippen LogP contribution >= 0.6 is 0 Å². The molecule has 19 heavy (non-hydrogen) atoms. The highest BCUT2D eigenvalue weighted by Crippen LogP contribution is 2.37. The Morgan fingerprint density at radius 1 is 1.00 bits per heavy atom. The lowest BCUT2D eigenvalue weighted by Crippen LogP contribution is -2.70. The molecular weight excluding hydrogens is 304 g/mol. The van der Waals surface area contributed by atoms with Crippen molar-refractivity contribution in [1.82, 2.24) is 4.23 Å². The molecule has 0 radical (unpaired) electrons. The Balaban J connectivity index is 5.36. The quantitative estimate of drug-likeness (QED) is 0.533. The van der Waals surface area contributed by atoms with E-state index in [-0.39, 0.29) is 0 Å². The molecule has 0 heterocycles. The topological polar surface area (TPSA) is 3.24 Å². The second kappa shape index (κ2) is 5.76. The maximum absolute atomic E-state index is 13.9. The molecule has 3 unspecified atom stereocenters. The zero-order chi connectivity index (χ0) is 15.8. The minimum absolute atomic E-state index is 0.710. The average molecular weight is 325 g/mol. The van der Waals surface area contributed by atoms with Crippen molar-refractivity contribution >= 4 is 17.2 Å². The number of alkyl halides is 6. The Labute approximate surface area is 112 Å². The van der Waals surface area contributed by atoms with Gasteiger partial charge in [-0.25, -0.2) is 26.3 Å². The summed E-state index contributed by atoms with van der Waals surface area (Å²) in [5.74, 6) is 0. The maximum atomic E-state index is 13.9. The minimum Gasteiger partial charge on any atom is -0.342 e. The van der Waals surface area contributed by atoms with Crippen LogP contribution in [0, 0.1) is 0 Å². The number of rotatable bonds is 6. The Kier molecular flexibility index (Phi) is 5.76. The predicted octanol–water partition coefficient (Wildman–Crippen LogP) is 3.54. The van der Waals surface area contributed by atoms with Crippen LogP contribution in [0.4, 0.5) is 26.3 Å². The van der Waals surface area contributed by atoms with Gasteiger partial charge in [0.15, 0.2) is 21.3 Å². The Morgan fingerprint density at radius 2 is 1.37 bits per heavy atom. The van der Waals surface area contributed by atoms with Crippen molar-refractivity contribution in [1.29, 1.82) is 0 Å². The van der Waals surface area contributed by atoms with E-state index >= 15 is 0 Å². The number of nitrogens with zero attached hydrogens (tertiary/aromatic N) is 1. The summed E-state index contributed by atoms with van der Waals surface area (Å²) < 4.78 is 81.9. The Morgan fingerprint density at radius 3 is 1.63 bits per heavy atom. The molecule has 9 heteroatoms. The molecule has 0 fully saturated rings. The van der Waals surface area contributed by atoms with Gasteiger partial charge < -0.3 is 4.23 Å². The van der Waals surface area contributed by atoms with Crippen molar-refractivity contribution in [2.45, 2.75) is 56.9 Å². The summed E-state index contributed by atoms with van der Waals surface area (Å²) in [5.41, 5.74) is -7.30. The second-order valence-corrected chi connectivity index (χ2v) is 13.3. The van der Waals surface area contributed by atoms with Crippen molar-refractivity contribution in [2.75, 3.05) is 7.05 Å². The highest BCUT2D eigenvalue weighted by atomic mass is 28.4. The lowest BCUT2D eigenvalue weighted by Gasteiger charge is -2.45. The molecule has 0 aliphatic carbocycles. The SMILES string of the molecule is CC(F)C(F)(F)[SiH](C)N(C)[Si](C)(C)C(F)(F)C(C)F. The van der Waals surface area contributed by atoms with E-state index in [1.54, 1.807) is 0 Å². The summed E-state index contributed by atoms with van der Waals surface area (Å²) in [7, 11) is -5.93. The third kappa shape index (κ3) is 3.35. The van der Waals surface area contributed by atoms with Gasteiger partial charge in [0.05, 0.1) is 0 Å². The average Bonchev–Trinajstić information content (AvgIpc) is 2.25. The molecule has 0 aliphatic rings. The van der Waals surface area contributed by atoms with Crippen LogP contribution in [-0.2, 0) is 0 Å². The van der Waals surface area contributed by atoms with Gasteiger partial charge in [0.1, 0.15) is 0 Å². The van der Waals surface area contributed by atoms with Gasteiger partial charge in [0.2, 0.25) is 8.24 Å². The van der Waals surface area contributed by atoms with E-state index in [2.05, 4.69) is 0 Å². The Hall–Kier alpha value is -0.0262. The first-order valence-electron chi connectivity index (χ1n) is 5.97. The van der Waals surface area contributed by atoms with Crippen LogP contribution in [-0.4, -0.2) is 51.9 Å². The number of hydrogen-bond acceptors (Lipinski definition) is 1. The van der Waals surface area contributed by atoms with Crippen LogP contribution in [0.25, 0.3) is 0 Å². The first-order valence-corrected chi connectivity index (χ1v) is 11.2. The molecule has 0 rings (SSSR count). The smallest absolute Gasteiger partial charge is 0.273 e. The molecule has 0 aliphatic heterocycles.